The molecule has 1 atom stereocenters. The highest BCUT2D eigenvalue weighted by Gasteiger charge is 2.24. The van der Waals surface area contributed by atoms with Crippen LogP contribution in [0.25, 0.3) is 0 Å². The van der Waals surface area contributed by atoms with Gasteiger partial charge in [-0.2, -0.15) is 0 Å². The molecule has 3 rings (SSSR count). The lowest BCUT2D eigenvalue weighted by molar-refractivity contribution is -0.124. The Morgan fingerprint density at radius 3 is 2.33 bits per heavy atom. The van der Waals surface area contributed by atoms with Gasteiger partial charge < -0.3 is 15.0 Å². The van der Waals surface area contributed by atoms with Gasteiger partial charge in [0.2, 0.25) is 0 Å². The number of carbonyl (C=O) groups is 2. The Kier molecular flexibility index (Phi) is 7.09. The third-order valence-electron chi connectivity index (χ3n) is 4.62. The van der Waals surface area contributed by atoms with E-state index in [9.17, 15) is 9.59 Å². The van der Waals surface area contributed by atoms with Gasteiger partial charge in [-0.05, 0) is 36.8 Å². The lowest BCUT2D eigenvalue weighted by atomic mass is 10.1. The first-order valence-electron chi connectivity index (χ1n) is 9.57. The highest BCUT2D eigenvalue weighted by Crippen LogP contribution is 2.26. The molecular weight excluding hydrogens is 400 g/mol. The number of nitrogens with zero attached hydrogens (tertiary/aromatic N) is 1. The maximum absolute atomic E-state index is 12.9. The molecule has 1 unspecified atom stereocenters. The predicted octanol–water partition coefficient (Wildman–Crippen LogP) is 4.70. The first kappa shape index (κ1) is 21.4. The molecule has 0 fully saturated rings. The number of rotatable bonds is 7. The van der Waals surface area contributed by atoms with Crippen LogP contribution in [-0.4, -0.2) is 25.0 Å². The van der Waals surface area contributed by atoms with Crippen molar-refractivity contribution in [3.8, 4) is 5.75 Å². The van der Waals surface area contributed by atoms with Gasteiger partial charge in [-0.3, -0.25) is 9.59 Å². The molecule has 0 aliphatic rings. The zero-order chi connectivity index (χ0) is 21.5. The van der Waals surface area contributed by atoms with Crippen LogP contribution in [0.2, 0.25) is 5.02 Å². The molecule has 3 aromatic carbocycles. The number of halogens is 1. The summed E-state index contributed by atoms with van der Waals surface area (Å²) in [6.07, 6.45) is -0.782. The fourth-order valence-corrected chi connectivity index (χ4v) is 3.18. The second-order valence-electron chi connectivity index (χ2n) is 6.77. The van der Waals surface area contributed by atoms with E-state index >= 15 is 0 Å². The van der Waals surface area contributed by atoms with Crippen LogP contribution in [0.1, 0.15) is 22.8 Å². The number of likely N-dealkylation sites (N-methyl/N-ethyl adjacent to an activating group) is 1. The maximum Gasteiger partial charge on any atom is 0.267 e. The fourth-order valence-electron chi connectivity index (χ4n) is 3.00. The molecule has 0 spiro atoms. The molecule has 0 bridgehead atoms. The van der Waals surface area contributed by atoms with Crippen molar-refractivity contribution in [1.82, 2.24) is 5.32 Å². The predicted molar refractivity (Wildman–Crippen MR) is 119 cm³/mol. The van der Waals surface area contributed by atoms with Crippen LogP contribution < -0.4 is 15.0 Å². The van der Waals surface area contributed by atoms with Gasteiger partial charge >= 0.3 is 0 Å². The standard InChI is InChI=1S/C24H23ClN2O3/c1-17(30-22-15-9-7-13-20(22)25)24(29)27(2)21-14-8-6-12-19(21)23(28)26-16-18-10-4-3-5-11-18/h3-15,17H,16H2,1-2H3,(H,26,28). The van der Waals surface area contributed by atoms with Gasteiger partial charge in [-0.1, -0.05) is 66.2 Å². The molecule has 0 radical (unpaired) electrons. The maximum atomic E-state index is 12.9. The SMILES string of the molecule is CC(Oc1ccccc1Cl)C(=O)N(C)c1ccccc1C(=O)NCc1ccccc1. The summed E-state index contributed by atoms with van der Waals surface area (Å²) >= 11 is 6.12. The molecule has 0 aliphatic heterocycles. The molecule has 0 heterocycles. The zero-order valence-corrected chi connectivity index (χ0v) is 17.6. The molecule has 6 heteroatoms. The van der Waals surface area contributed by atoms with Gasteiger partial charge in [0.15, 0.2) is 6.10 Å². The van der Waals surface area contributed by atoms with Crippen molar-refractivity contribution in [2.75, 3.05) is 11.9 Å². The largest absolute Gasteiger partial charge is 0.479 e. The van der Waals surface area contributed by atoms with E-state index in [0.29, 0.717) is 28.6 Å². The van der Waals surface area contributed by atoms with Gasteiger partial charge in [0.1, 0.15) is 5.75 Å². The van der Waals surface area contributed by atoms with E-state index in [0.717, 1.165) is 5.56 Å². The highest BCUT2D eigenvalue weighted by molar-refractivity contribution is 6.32. The Balaban J connectivity index is 1.72. The van der Waals surface area contributed by atoms with E-state index in [2.05, 4.69) is 5.32 Å². The number of anilines is 1. The number of para-hydroxylation sites is 2. The van der Waals surface area contributed by atoms with Crippen molar-refractivity contribution >= 4 is 29.1 Å². The monoisotopic (exact) mass is 422 g/mol. The molecule has 0 aliphatic carbocycles. The molecule has 154 valence electrons. The van der Waals surface area contributed by atoms with Gasteiger partial charge in [0, 0.05) is 13.6 Å². The van der Waals surface area contributed by atoms with Crippen LogP contribution in [-0.2, 0) is 11.3 Å². The van der Waals surface area contributed by atoms with Gasteiger partial charge in [-0.15, -0.1) is 0 Å². The molecular formula is C24H23ClN2O3. The smallest absolute Gasteiger partial charge is 0.267 e. The minimum atomic E-state index is -0.782. The topological polar surface area (TPSA) is 58.6 Å². The van der Waals surface area contributed by atoms with Crippen LogP contribution in [0, 0.1) is 0 Å². The van der Waals surface area contributed by atoms with E-state index in [1.54, 1.807) is 62.5 Å². The van der Waals surface area contributed by atoms with Crippen molar-refractivity contribution in [3.05, 3.63) is 95.0 Å². The van der Waals surface area contributed by atoms with Crippen molar-refractivity contribution in [3.63, 3.8) is 0 Å². The van der Waals surface area contributed by atoms with Crippen LogP contribution in [0.15, 0.2) is 78.9 Å². The summed E-state index contributed by atoms with van der Waals surface area (Å²) in [6.45, 7) is 2.05. The van der Waals surface area contributed by atoms with E-state index in [4.69, 9.17) is 16.3 Å². The second kappa shape index (κ2) is 9.94. The lowest BCUT2D eigenvalue weighted by Crippen LogP contribution is -2.39. The summed E-state index contributed by atoms with van der Waals surface area (Å²) in [7, 11) is 1.62. The van der Waals surface area contributed by atoms with Crippen molar-refractivity contribution in [1.29, 1.82) is 0 Å². The third-order valence-corrected chi connectivity index (χ3v) is 4.94. The Hall–Kier alpha value is -3.31. The van der Waals surface area contributed by atoms with Crippen LogP contribution in [0.5, 0.6) is 5.75 Å². The number of ether oxygens (including phenoxy) is 1. The summed E-state index contributed by atoms with van der Waals surface area (Å²) in [4.78, 5) is 27.1. The Morgan fingerprint density at radius 2 is 1.60 bits per heavy atom. The number of carbonyl (C=O) groups excluding carboxylic acids is 2. The van der Waals surface area contributed by atoms with Crippen LogP contribution >= 0.6 is 11.6 Å². The highest BCUT2D eigenvalue weighted by atomic mass is 35.5. The number of hydrogen-bond acceptors (Lipinski definition) is 3. The molecule has 0 aromatic heterocycles. The molecule has 30 heavy (non-hydrogen) atoms. The number of nitrogens with one attached hydrogen (secondary N) is 1. The average Bonchev–Trinajstić information content (AvgIpc) is 2.78. The second-order valence-corrected chi connectivity index (χ2v) is 7.18. The molecule has 3 aromatic rings. The van der Waals surface area contributed by atoms with E-state index in [1.807, 2.05) is 30.3 Å². The Morgan fingerprint density at radius 1 is 0.967 bits per heavy atom. The van der Waals surface area contributed by atoms with Crippen molar-refractivity contribution in [2.45, 2.75) is 19.6 Å². The lowest BCUT2D eigenvalue weighted by Gasteiger charge is -2.24. The number of benzene rings is 3. The average molecular weight is 423 g/mol. The molecule has 5 nitrogen and oxygen atoms in total. The first-order valence-corrected chi connectivity index (χ1v) is 9.95. The van der Waals surface area contributed by atoms with Crippen LogP contribution in [0.4, 0.5) is 5.69 Å². The summed E-state index contributed by atoms with van der Waals surface area (Å²) in [5, 5.41) is 3.33. The summed E-state index contributed by atoms with van der Waals surface area (Å²) in [5.74, 6) is -0.116. The minimum absolute atomic E-state index is 0.256. The Bertz CT molecular complexity index is 1020. The minimum Gasteiger partial charge on any atom is -0.479 e. The zero-order valence-electron chi connectivity index (χ0n) is 16.8. The first-order chi connectivity index (χ1) is 14.5. The van der Waals surface area contributed by atoms with E-state index < -0.39 is 6.10 Å². The van der Waals surface area contributed by atoms with Gasteiger partial charge in [-0.25, -0.2) is 0 Å². The van der Waals surface area contributed by atoms with Gasteiger partial charge in [0.05, 0.1) is 16.3 Å². The molecule has 2 amide bonds. The van der Waals surface area contributed by atoms with Crippen molar-refractivity contribution in [2.24, 2.45) is 0 Å². The molecule has 1 N–H and O–H groups in total. The van der Waals surface area contributed by atoms with E-state index in [-0.39, 0.29) is 11.8 Å². The molecule has 0 saturated heterocycles. The normalized spacial score (nSPS) is 11.4. The number of hydrogen-bond donors (Lipinski definition) is 1. The summed E-state index contributed by atoms with van der Waals surface area (Å²) in [5.41, 5.74) is 1.91. The van der Waals surface area contributed by atoms with E-state index in [1.165, 1.54) is 4.90 Å². The van der Waals surface area contributed by atoms with Crippen molar-refractivity contribution < 1.29 is 14.3 Å². The molecule has 0 saturated carbocycles. The number of amides is 2. The third kappa shape index (κ3) is 5.19. The van der Waals surface area contributed by atoms with Gasteiger partial charge in [0.25, 0.3) is 11.8 Å². The van der Waals surface area contributed by atoms with Crippen LogP contribution in [0.3, 0.4) is 0 Å². The Labute approximate surface area is 181 Å². The summed E-state index contributed by atoms with van der Waals surface area (Å²) < 4.78 is 5.73. The quantitative estimate of drug-likeness (QED) is 0.600. The summed E-state index contributed by atoms with van der Waals surface area (Å²) in [6, 6.07) is 23.6. The fraction of sp³-hybridized carbons (Fsp3) is 0.167.